The third-order valence-corrected chi connectivity index (χ3v) is 3.71. The van der Waals surface area contributed by atoms with Crippen LogP contribution in [0.4, 0.5) is 5.69 Å². The molecule has 0 aliphatic carbocycles. The van der Waals surface area contributed by atoms with E-state index in [0.717, 1.165) is 31.7 Å². The van der Waals surface area contributed by atoms with Crippen LogP contribution >= 0.6 is 31.9 Å². The predicted molar refractivity (Wildman–Crippen MR) is 88.6 cm³/mol. The van der Waals surface area contributed by atoms with Crippen LogP contribution in [0.1, 0.15) is 5.56 Å². The van der Waals surface area contributed by atoms with Gasteiger partial charge in [-0.3, -0.25) is 4.99 Å². The molecule has 0 bridgehead atoms. The first kappa shape index (κ1) is 15.1. The number of aliphatic imine (C=N–C) groups is 1. The van der Waals surface area contributed by atoms with E-state index < -0.39 is 0 Å². The molecule has 0 spiro atoms. The summed E-state index contributed by atoms with van der Waals surface area (Å²) in [7, 11) is 3.28. The Labute approximate surface area is 134 Å². The largest absolute Gasteiger partial charge is 0.497 e. The van der Waals surface area contributed by atoms with Crippen LogP contribution in [0.5, 0.6) is 11.5 Å². The molecule has 0 unspecified atom stereocenters. The SMILES string of the molecule is COc1ccc(N=Cc2cc(Br)cc(Br)c2OC)cc1. The topological polar surface area (TPSA) is 30.8 Å². The standard InChI is InChI=1S/C15H13Br2NO2/c1-19-13-5-3-12(4-6-13)18-9-10-7-11(16)8-14(17)15(10)20-2/h3-9H,1-2H3. The highest BCUT2D eigenvalue weighted by atomic mass is 79.9. The maximum Gasteiger partial charge on any atom is 0.141 e. The summed E-state index contributed by atoms with van der Waals surface area (Å²) in [6, 6.07) is 11.4. The number of benzene rings is 2. The highest BCUT2D eigenvalue weighted by Crippen LogP contribution is 2.32. The second-order valence-corrected chi connectivity index (χ2v) is 5.74. The normalized spacial score (nSPS) is 10.8. The minimum absolute atomic E-state index is 0.755. The molecule has 104 valence electrons. The first-order chi connectivity index (χ1) is 9.63. The van der Waals surface area contributed by atoms with Crippen molar-refractivity contribution in [3.8, 4) is 11.5 Å². The zero-order valence-electron chi connectivity index (χ0n) is 11.1. The summed E-state index contributed by atoms with van der Waals surface area (Å²) >= 11 is 6.93. The van der Waals surface area contributed by atoms with Crippen molar-refractivity contribution in [1.82, 2.24) is 0 Å². The molecule has 0 saturated carbocycles. The van der Waals surface area contributed by atoms with Crippen LogP contribution in [0.15, 0.2) is 50.3 Å². The van der Waals surface area contributed by atoms with E-state index >= 15 is 0 Å². The number of ether oxygens (including phenoxy) is 2. The fraction of sp³-hybridized carbons (Fsp3) is 0.133. The van der Waals surface area contributed by atoms with Crippen LogP contribution < -0.4 is 9.47 Å². The van der Waals surface area contributed by atoms with Crippen molar-refractivity contribution in [2.45, 2.75) is 0 Å². The zero-order chi connectivity index (χ0) is 14.5. The second kappa shape index (κ2) is 6.90. The Hall–Kier alpha value is -1.33. The Morgan fingerprint density at radius 3 is 2.30 bits per heavy atom. The number of nitrogens with zero attached hydrogens (tertiary/aromatic N) is 1. The third-order valence-electron chi connectivity index (χ3n) is 2.67. The van der Waals surface area contributed by atoms with Gasteiger partial charge in [-0.15, -0.1) is 0 Å². The average molecular weight is 399 g/mol. The third kappa shape index (κ3) is 3.61. The van der Waals surface area contributed by atoms with Gasteiger partial charge in [0.1, 0.15) is 11.5 Å². The maximum absolute atomic E-state index is 5.38. The minimum Gasteiger partial charge on any atom is -0.497 e. The van der Waals surface area contributed by atoms with Crippen molar-refractivity contribution in [2.75, 3.05) is 14.2 Å². The molecule has 2 aromatic carbocycles. The Balaban J connectivity index is 2.30. The Morgan fingerprint density at radius 1 is 1.00 bits per heavy atom. The average Bonchev–Trinajstić information content (AvgIpc) is 2.45. The van der Waals surface area contributed by atoms with Crippen molar-refractivity contribution in [3.63, 3.8) is 0 Å². The molecular formula is C15H13Br2NO2. The van der Waals surface area contributed by atoms with Crippen LogP contribution in [0.25, 0.3) is 0 Å². The molecule has 0 radical (unpaired) electrons. The van der Waals surface area contributed by atoms with Crippen LogP contribution in [0.3, 0.4) is 0 Å². The summed E-state index contributed by atoms with van der Waals surface area (Å²) in [6.45, 7) is 0. The van der Waals surface area contributed by atoms with Gasteiger partial charge >= 0.3 is 0 Å². The minimum atomic E-state index is 0.755. The monoisotopic (exact) mass is 397 g/mol. The predicted octanol–water partition coefficient (Wildman–Crippen LogP) is 4.98. The van der Waals surface area contributed by atoms with E-state index in [9.17, 15) is 0 Å². The van der Waals surface area contributed by atoms with Crippen molar-refractivity contribution < 1.29 is 9.47 Å². The van der Waals surface area contributed by atoms with E-state index in [4.69, 9.17) is 9.47 Å². The van der Waals surface area contributed by atoms with E-state index in [1.807, 2.05) is 36.4 Å². The van der Waals surface area contributed by atoms with Gasteiger partial charge < -0.3 is 9.47 Å². The summed E-state index contributed by atoms with van der Waals surface area (Å²) in [6.07, 6.45) is 1.77. The van der Waals surface area contributed by atoms with Gasteiger partial charge in [0.2, 0.25) is 0 Å². The molecule has 0 N–H and O–H groups in total. The molecule has 0 saturated heterocycles. The van der Waals surface area contributed by atoms with Crippen molar-refractivity contribution >= 4 is 43.8 Å². The molecule has 2 aromatic rings. The molecule has 0 atom stereocenters. The lowest BCUT2D eigenvalue weighted by atomic mass is 10.2. The number of hydrogen-bond donors (Lipinski definition) is 0. The van der Waals surface area contributed by atoms with Gasteiger partial charge in [0.15, 0.2) is 0 Å². The molecule has 0 aliphatic heterocycles. The summed E-state index contributed by atoms with van der Waals surface area (Å²) in [5.74, 6) is 1.57. The number of methoxy groups -OCH3 is 2. The number of halogens is 2. The van der Waals surface area contributed by atoms with Gasteiger partial charge in [-0.05, 0) is 52.3 Å². The van der Waals surface area contributed by atoms with Gasteiger partial charge in [0, 0.05) is 16.3 Å². The lowest BCUT2D eigenvalue weighted by Crippen LogP contribution is -1.92. The summed E-state index contributed by atoms with van der Waals surface area (Å²) in [5, 5.41) is 0. The van der Waals surface area contributed by atoms with E-state index in [0.29, 0.717) is 0 Å². The lowest BCUT2D eigenvalue weighted by Gasteiger charge is -2.07. The van der Waals surface area contributed by atoms with E-state index in [-0.39, 0.29) is 0 Å². The van der Waals surface area contributed by atoms with Gasteiger partial charge in [0.05, 0.1) is 24.4 Å². The Morgan fingerprint density at radius 2 is 1.70 bits per heavy atom. The molecule has 0 fully saturated rings. The second-order valence-electron chi connectivity index (χ2n) is 3.97. The van der Waals surface area contributed by atoms with E-state index in [1.54, 1.807) is 20.4 Å². The molecule has 0 aliphatic rings. The van der Waals surface area contributed by atoms with E-state index in [2.05, 4.69) is 36.9 Å². The van der Waals surface area contributed by atoms with Crippen LogP contribution in [0, 0.1) is 0 Å². The fourth-order valence-electron chi connectivity index (χ4n) is 1.70. The van der Waals surface area contributed by atoms with Gasteiger partial charge in [-0.25, -0.2) is 0 Å². The summed E-state index contributed by atoms with van der Waals surface area (Å²) in [4.78, 5) is 4.44. The summed E-state index contributed by atoms with van der Waals surface area (Å²) in [5.41, 5.74) is 1.74. The lowest BCUT2D eigenvalue weighted by molar-refractivity contribution is 0.411. The summed E-state index contributed by atoms with van der Waals surface area (Å²) < 4.78 is 12.3. The van der Waals surface area contributed by atoms with Gasteiger partial charge in [-0.2, -0.15) is 0 Å². The fourth-order valence-corrected chi connectivity index (χ4v) is 3.12. The molecule has 0 heterocycles. The molecule has 20 heavy (non-hydrogen) atoms. The molecule has 3 nitrogen and oxygen atoms in total. The smallest absolute Gasteiger partial charge is 0.141 e. The number of rotatable bonds is 4. The van der Waals surface area contributed by atoms with Crippen LogP contribution in [0.2, 0.25) is 0 Å². The molecule has 2 rings (SSSR count). The van der Waals surface area contributed by atoms with Crippen molar-refractivity contribution in [3.05, 3.63) is 50.9 Å². The first-order valence-corrected chi connectivity index (χ1v) is 7.44. The molecule has 0 amide bonds. The molecule has 0 aromatic heterocycles. The van der Waals surface area contributed by atoms with Crippen molar-refractivity contribution in [2.24, 2.45) is 4.99 Å². The van der Waals surface area contributed by atoms with Gasteiger partial charge in [-0.1, -0.05) is 15.9 Å². The van der Waals surface area contributed by atoms with Crippen LogP contribution in [-0.4, -0.2) is 20.4 Å². The highest BCUT2D eigenvalue weighted by Gasteiger charge is 2.07. The Bertz CT molecular complexity index is 625. The zero-order valence-corrected chi connectivity index (χ0v) is 14.2. The highest BCUT2D eigenvalue weighted by molar-refractivity contribution is 9.11. The van der Waals surface area contributed by atoms with Crippen molar-refractivity contribution in [1.29, 1.82) is 0 Å². The van der Waals surface area contributed by atoms with Crippen LogP contribution in [-0.2, 0) is 0 Å². The number of hydrogen-bond acceptors (Lipinski definition) is 3. The molecule has 5 heteroatoms. The Kier molecular flexibility index (Phi) is 5.20. The van der Waals surface area contributed by atoms with Gasteiger partial charge in [0.25, 0.3) is 0 Å². The maximum atomic E-state index is 5.38. The molecular weight excluding hydrogens is 386 g/mol. The van der Waals surface area contributed by atoms with E-state index in [1.165, 1.54) is 0 Å². The first-order valence-electron chi connectivity index (χ1n) is 5.85. The quantitative estimate of drug-likeness (QED) is 0.680.